The second kappa shape index (κ2) is 7.95. The number of carbonyl (C=O) groups is 1. The van der Waals surface area contributed by atoms with Gasteiger partial charge in [0.05, 0.1) is 9.95 Å². The highest BCUT2D eigenvalue weighted by atomic mass is 35.5. The van der Waals surface area contributed by atoms with Crippen molar-refractivity contribution >= 4 is 35.6 Å². The number of rotatable bonds is 4. The number of halogens is 2. The van der Waals surface area contributed by atoms with Gasteiger partial charge in [-0.15, -0.1) is 12.4 Å². The number of hydrogen-bond acceptors (Lipinski definition) is 4. The first-order valence-corrected chi connectivity index (χ1v) is 7.65. The number of benzene rings is 1. The Balaban J connectivity index is 0.00000264. The highest BCUT2D eigenvalue weighted by molar-refractivity contribution is 6.34. The summed E-state index contributed by atoms with van der Waals surface area (Å²) in [5.74, 6) is -0.513. The van der Waals surface area contributed by atoms with Crippen molar-refractivity contribution in [2.45, 2.75) is 32.7 Å². The number of hydrogen-bond donors (Lipinski definition) is 2. The van der Waals surface area contributed by atoms with Crippen molar-refractivity contribution in [3.63, 3.8) is 0 Å². The predicted molar refractivity (Wildman–Crippen MR) is 92.5 cm³/mol. The molecule has 128 valence electrons. The Morgan fingerprint density at radius 1 is 1.52 bits per heavy atom. The van der Waals surface area contributed by atoms with Crippen LogP contribution in [0.3, 0.4) is 0 Å². The zero-order valence-electron chi connectivity index (χ0n) is 13.1. The van der Waals surface area contributed by atoms with Gasteiger partial charge in [0, 0.05) is 18.7 Å². The molecule has 1 aromatic carbocycles. The van der Waals surface area contributed by atoms with Crippen LogP contribution in [0.4, 0.5) is 5.69 Å². The third kappa shape index (κ3) is 4.56. The Kier molecular flexibility index (Phi) is 6.80. The van der Waals surface area contributed by atoms with Gasteiger partial charge in [-0.1, -0.05) is 31.5 Å². The molecule has 1 saturated heterocycles. The van der Waals surface area contributed by atoms with E-state index in [0.29, 0.717) is 6.54 Å². The molecule has 1 unspecified atom stereocenters. The molecular formula is C15H21Cl2N3O3. The summed E-state index contributed by atoms with van der Waals surface area (Å²) in [6, 6.07) is 4.35. The second-order valence-corrected chi connectivity index (χ2v) is 6.61. The minimum Gasteiger partial charge on any atom is -0.350 e. The number of piperidine rings is 1. The second-order valence-electron chi connectivity index (χ2n) is 6.20. The van der Waals surface area contributed by atoms with E-state index in [2.05, 4.69) is 24.5 Å². The molecule has 1 heterocycles. The van der Waals surface area contributed by atoms with Crippen LogP contribution in [0.2, 0.25) is 5.02 Å². The molecule has 0 bridgehead atoms. The van der Waals surface area contributed by atoms with E-state index < -0.39 is 10.8 Å². The van der Waals surface area contributed by atoms with Crippen LogP contribution < -0.4 is 10.6 Å². The van der Waals surface area contributed by atoms with Crippen LogP contribution in [0.5, 0.6) is 0 Å². The summed E-state index contributed by atoms with van der Waals surface area (Å²) < 4.78 is 0. The number of nitro benzene ring substituents is 1. The monoisotopic (exact) mass is 361 g/mol. The first-order chi connectivity index (χ1) is 10.3. The highest BCUT2D eigenvalue weighted by Crippen LogP contribution is 2.30. The predicted octanol–water partition coefficient (Wildman–Crippen LogP) is 3.18. The molecule has 1 fully saturated rings. The van der Waals surface area contributed by atoms with Gasteiger partial charge in [0.15, 0.2) is 0 Å². The molecule has 1 aliphatic rings. The van der Waals surface area contributed by atoms with Crippen LogP contribution in [-0.2, 0) is 0 Å². The number of nitrogens with one attached hydrogen (secondary N) is 2. The molecule has 1 aliphatic heterocycles. The van der Waals surface area contributed by atoms with Gasteiger partial charge in [0.2, 0.25) is 0 Å². The lowest BCUT2D eigenvalue weighted by Crippen LogP contribution is -2.52. The Morgan fingerprint density at radius 3 is 2.83 bits per heavy atom. The van der Waals surface area contributed by atoms with E-state index in [9.17, 15) is 14.9 Å². The summed E-state index contributed by atoms with van der Waals surface area (Å²) >= 11 is 5.96. The van der Waals surface area contributed by atoms with Gasteiger partial charge in [-0.25, -0.2) is 0 Å². The molecular weight excluding hydrogens is 341 g/mol. The zero-order valence-corrected chi connectivity index (χ0v) is 14.7. The van der Waals surface area contributed by atoms with Crippen molar-refractivity contribution in [3.05, 3.63) is 38.9 Å². The van der Waals surface area contributed by atoms with E-state index in [1.165, 1.54) is 18.2 Å². The average molecular weight is 362 g/mol. The maximum absolute atomic E-state index is 12.3. The largest absolute Gasteiger partial charge is 0.350 e. The molecule has 2 N–H and O–H groups in total. The van der Waals surface area contributed by atoms with Gasteiger partial charge < -0.3 is 10.6 Å². The van der Waals surface area contributed by atoms with Crippen molar-refractivity contribution in [2.24, 2.45) is 5.41 Å². The highest BCUT2D eigenvalue weighted by Gasteiger charge is 2.32. The maximum atomic E-state index is 12.3. The molecule has 0 aliphatic carbocycles. The molecule has 0 radical (unpaired) electrons. The lowest BCUT2D eigenvalue weighted by molar-refractivity contribution is -0.385. The van der Waals surface area contributed by atoms with Crippen molar-refractivity contribution in [1.82, 2.24) is 10.6 Å². The molecule has 2 rings (SSSR count). The van der Waals surface area contributed by atoms with Crippen LogP contribution in [0.15, 0.2) is 18.2 Å². The standard InChI is InChI=1S/C15H20ClN3O3.ClH/c1-15(2)7-4-8-17-12(15)9-18-14(20)13-10(16)5-3-6-11(13)19(21)22;/h3,5-6,12,17H,4,7-9H2,1-2H3,(H,18,20);1H. The Bertz CT molecular complexity index is 593. The molecule has 1 aromatic rings. The molecule has 0 saturated carbocycles. The third-order valence-corrected chi connectivity index (χ3v) is 4.53. The Morgan fingerprint density at radius 2 is 2.22 bits per heavy atom. The van der Waals surface area contributed by atoms with Crippen LogP contribution >= 0.6 is 24.0 Å². The van der Waals surface area contributed by atoms with E-state index in [0.717, 1.165) is 19.4 Å². The van der Waals surface area contributed by atoms with Gasteiger partial charge in [0.1, 0.15) is 5.56 Å². The van der Waals surface area contributed by atoms with Crippen LogP contribution in [0.1, 0.15) is 37.0 Å². The summed E-state index contributed by atoms with van der Waals surface area (Å²) in [5.41, 5.74) is -0.290. The van der Waals surface area contributed by atoms with Crippen LogP contribution in [0.25, 0.3) is 0 Å². The maximum Gasteiger partial charge on any atom is 0.283 e. The summed E-state index contributed by atoms with van der Waals surface area (Å²) in [6.45, 7) is 5.62. The summed E-state index contributed by atoms with van der Waals surface area (Å²) in [7, 11) is 0. The van der Waals surface area contributed by atoms with E-state index in [4.69, 9.17) is 11.6 Å². The van der Waals surface area contributed by atoms with Crippen molar-refractivity contribution < 1.29 is 9.72 Å². The fourth-order valence-corrected chi connectivity index (χ4v) is 3.05. The van der Waals surface area contributed by atoms with Gasteiger partial charge in [-0.2, -0.15) is 0 Å². The van der Waals surface area contributed by atoms with Crippen LogP contribution in [0, 0.1) is 15.5 Å². The minimum atomic E-state index is -0.594. The fraction of sp³-hybridized carbons (Fsp3) is 0.533. The van der Waals surface area contributed by atoms with Crippen molar-refractivity contribution in [2.75, 3.05) is 13.1 Å². The molecule has 0 spiro atoms. The first kappa shape index (κ1) is 19.7. The average Bonchev–Trinajstić information content (AvgIpc) is 2.45. The molecule has 0 aromatic heterocycles. The van der Waals surface area contributed by atoms with Gasteiger partial charge >= 0.3 is 0 Å². The number of nitro groups is 1. The molecule has 8 heteroatoms. The normalized spacial score (nSPS) is 19.5. The summed E-state index contributed by atoms with van der Waals surface area (Å²) in [5, 5.41) is 17.3. The third-order valence-electron chi connectivity index (χ3n) is 4.21. The van der Waals surface area contributed by atoms with Crippen LogP contribution in [-0.4, -0.2) is 30.0 Å². The first-order valence-electron chi connectivity index (χ1n) is 7.27. The summed E-state index contributed by atoms with van der Waals surface area (Å²) in [6.07, 6.45) is 2.18. The van der Waals surface area contributed by atoms with E-state index in [-0.39, 0.29) is 40.1 Å². The minimum absolute atomic E-state index is 0. The smallest absolute Gasteiger partial charge is 0.283 e. The van der Waals surface area contributed by atoms with Gasteiger partial charge in [-0.05, 0) is 30.9 Å². The van der Waals surface area contributed by atoms with Crippen molar-refractivity contribution in [1.29, 1.82) is 0 Å². The number of carbonyl (C=O) groups excluding carboxylic acids is 1. The number of nitrogens with zero attached hydrogens (tertiary/aromatic N) is 1. The number of amides is 1. The molecule has 23 heavy (non-hydrogen) atoms. The zero-order chi connectivity index (χ0) is 16.3. The van der Waals surface area contributed by atoms with E-state index in [1.807, 2.05) is 0 Å². The quantitative estimate of drug-likeness (QED) is 0.637. The summed E-state index contributed by atoms with van der Waals surface area (Å²) in [4.78, 5) is 22.8. The SMILES string of the molecule is CC1(C)CCCNC1CNC(=O)c1c(Cl)cccc1[N+](=O)[O-].Cl. The lowest BCUT2D eigenvalue weighted by atomic mass is 9.77. The molecule has 6 nitrogen and oxygen atoms in total. The molecule has 1 amide bonds. The van der Waals surface area contributed by atoms with Gasteiger partial charge in [-0.3, -0.25) is 14.9 Å². The Labute approximate surface area is 146 Å². The van der Waals surface area contributed by atoms with Gasteiger partial charge in [0.25, 0.3) is 11.6 Å². The fourth-order valence-electron chi connectivity index (χ4n) is 2.79. The van der Waals surface area contributed by atoms with Crippen molar-refractivity contribution in [3.8, 4) is 0 Å². The lowest BCUT2D eigenvalue weighted by Gasteiger charge is -2.39. The van der Waals surface area contributed by atoms with E-state index in [1.54, 1.807) is 0 Å². The van der Waals surface area contributed by atoms with E-state index >= 15 is 0 Å². The topological polar surface area (TPSA) is 84.3 Å². The Hall–Kier alpha value is -1.37. The molecule has 1 atom stereocenters.